The smallest absolute Gasteiger partial charge is 0.256 e. The van der Waals surface area contributed by atoms with Crippen molar-refractivity contribution in [1.82, 2.24) is 9.21 Å². The highest BCUT2D eigenvalue weighted by atomic mass is 32.2. The lowest BCUT2D eigenvalue weighted by Gasteiger charge is -2.33. The fourth-order valence-electron chi connectivity index (χ4n) is 3.38. The van der Waals surface area contributed by atoms with Crippen LogP contribution in [0.25, 0.3) is 0 Å². The van der Waals surface area contributed by atoms with Gasteiger partial charge in [-0.2, -0.15) is 4.31 Å². The summed E-state index contributed by atoms with van der Waals surface area (Å²) in [4.78, 5) is 38.4. The standard InChI is InChI=1S/C20H24N4O5S2/c1-12-13(2)30-20(17(12)18(21)26)22-19(27)15-5-4-6-16(11-15)31(28,29)24-9-7-23(8-10-24)14(3)25/h4-6,11H,7-10H2,1-3H3,(H2,21,26)(H,22,27). The van der Waals surface area contributed by atoms with E-state index in [1.165, 1.54) is 46.8 Å². The van der Waals surface area contributed by atoms with Crippen LogP contribution in [-0.4, -0.2) is 61.5 Å². The van der Waals surface area contributed by atoms with Crippen LogP contribution < -0.4 is 11.1 Å². The first-order valence-corrected chi connectivity index (χ1v) is 11.8. The minimum absolute atomic E-state index is 0.00918. The van der Waals surface area contributed by atoms with Gasteiger partial charge < -0.3 is 16.0 Å². The average molecular weight is 465 g/mol. The Labute approximate surface area is 184 Å². The van der Waals surface area contributed by atoms with Gasteiger partial charge in [-0.25, -0.2) is 8.42 Å². The number of amides is 3. The summed E-state index contributed by atoms with van der Waals surface area (Å²) in [6.45, 7) is 6.04. The fourth-order valence-corrected chi connectivity index (χ4v) is 5.91. The maximum Gasteiger partial charge on any atom is 0.256 e. The molecule has 0 saturated carbocycles. The molecule has 3 rings (SSSR count). The average Bonchev–Trinajstić information content (AvgIpc) is 3.01. The van der Waals surface area contributed by atoms with Crippen molar-refractivity contribution in [2.45, 2.75) is 25.7 Å². The zero-order chi connectivity index (χ0) is 22.9. The molecule has 1 saturated heterocycles. The number of nitrogens with two attached hydrogens (primary N) is 1. The Bertz CT molecular complexity index is 1150. The number of nitrogens with zero attached hydrogens (tertiary/aromatic N) is 2. The molecule has 1 fully saturated rings. The minimum atomic E-state index is -3.82. The monoisotopic (exact) mass is 464 g/mol. The molecule has 3 amide bonds. The summed E-state index contributed by atoms with van der Waals surface area (Å²) in [7, 11) is -3.82. The van der Waals surface area contributed by atoms with E-state index in [1.807, 2.05) is 6.92 Å². The summed E-state index contributed by atoms with van der Waals surface area (Å²) < 4.78 is 27.3. The second kappa shape index (κ2) is 8.77. The zero-order valence-corrected chi connectivity index (χ0v) is 19.1. The highest BCUT2D eigenvalue weighted by Gasteiger charge is 2.30. The predicted octanol–water partition coefficient (Wildman–Crippen LogP) is 1.57. The molecule has 1 aliphatic heterocycles. The summed E-state index contributed by atoms with van der Waals surface area (Å²) in [5.41, 5.74) is 6.54. The van der Waals surface area contributed by atoms with Crippen LogP contribution in [0, 0.1) is 13.8 Å². The van der Waals surface area contributed by atoms with E-state index >= 15 is 0 Å². The number of hydrogen-bond donors (Lipinski definition) is 2. The third-order valence-corrected chi connectivity index (χ3v) is 8.29. The Morgan fingerprint density at radius 2 is 1.74 bits per heavy atom. The highest BCUT2D eigenvalue weighted by Crippen LogP contribution is 2.32. The Morgan fingerprint density at radius 3 is 2.32 bits per heavy atom. The first-order valence-electron chi connectivity index (χ1n) is 9.59. The van der Waals surface area contributed by atoms with E-state index in [-0.39, 0.29) is 35.0 Å². The second-order valence-corrected chi connectivity index (χ2v) is 10.4. The number of benzene rings is 1. The van der Waals surface area contributed by atoms with Crippen LogP contribution in [-0.2, 0) is 14.8 Å². The van der Waals surface area contributed by atoms with Gasteiger partial charge in [-0.15, -0.1) is 11.3 Å². The number of carbonyl (C=O) groups is 3. The van der Waals surface area contributed by atoms with Gasteiger partial charge in [0.2, 0.25) is 15.9 Å². The maximum atomic E-state index is 13.0. The van der Waals surface area contributed by atoms with Crippen molar-refractivity contribution < 1.29 is 22.8 Å². The van der Waals surface area contributed by atoms with E-state index in [9.17, 15) is 22.8 Å². The normalized spacial score (nSPS) is 15.0. The zero-order valence-electron chi connectivity index (χ0n) is 17.5. The first kappa shape index (κ1) is 22.9. The molecule has 1 aromatic heterocycles. The van der Waals surface area contributed by atoms with Gasteiger partial charge in [0.15, 0.2) is 0 Å². The number of anilines is 1. The lowest BCUT2D eigenvalue weighted by molar-refractivity contribution is -0.129. The van der Waals surface area contributed by atoms with Crippen LogP contribution in [0.4, 0.5) is 5.00 Å². The summed E-state index contributed by atoms with van der Waals surface area (Å²) >= 11 is 1.24. The SMILES string of the molecule is CC(=O)N1CCN(S(=O)(=O)c2cccc(C(=O)Nc3sc(C)c(C)c3C(N)=O)c2)CC1. The summed E-state index contributed by atoms with van der Waals surface area (Å²) in [5.74, 6) is -1.27. The van der Waals surface area contributed by atoms with Crippen molar-refractivity contribution in [3.63, 3.8) is 0 Å². The van der Waals surface area contributed by atoms with Gasteiger partial charge in [-0.05, 0) is 37.6 Å². The van der Waals surface area contributed by atoms with Crippen molar-refractivity contribution in [2.24, 2.45) is 5.73 Å². The fraction of sp³-hybridized carbons (Fsp3) is 0.350. The minimum Gasteiger partial charge on any atom is -0.365 e. The second-order valence-electron chi connectivity index (χ2n) is 7.24. The van der Waals surface area contributed by atoms with Gasteiger partial charge in [0, 0.05) is 43.5 Å². The van der Waals surface area contributed by atoms with E-state index < -0.39 is 21.8 Å². The Hall–Kier alpha value is -2.76. The van der Waals surface area contributed by atoms with Gasteiger partial charge in [0.05, 0.1) is 10.5 Å². The van der Waals surface area contributed by atoms with E-state index in [0.29, 0.717) is 23.7 Å². The third kappa shape index (κ3) is 4.63. The number of rotatable bonds is 5. The molecule has 0 bridgehead atoms. The quantitative estimate of drug-likeness (QED) is 0.694. The van der Waals surface area contributed by atoms with Crippen molar-refractivity contribution in [3.05, 3.63) is 45.8 Å². The molecule has 31 heavy (non-hydrogen) atoms. The molecule has 2 heterocycles. The molecule has 1 aliphatic rings. The number of aryl methyl sites for hydroxylation is 1. The van der Waals surface area contributed by atoms with Gasteiger partial charge in [0.1, 0.15) is 5.00 Å². The number of primary amides is 1. The molecule has 0 spiro atoms. The molecule has 0 aliphatic carbocycles. The molecule has 11 heteroatoms. The molecule has 0 radical (unpaired) electrons. The van der Waals surface area contributed by atoms with E-state index in [0.717, 1.165) is 4.88 Å². The molecule has 9 nitrogen and oxygen atoms in total. The highest BCUT2D eigenvalue weighted by molar-refractivity contribution is 7.89. The predicted molar refractivity (Wildman–Crippen MR) is 118 cm³/mol. The molecule has 0 unspecified atom stereocenters. The summed E-state index contributed by atoms with van der Waals surface area (Å²) in [6, 6.07) is 5.73. The summed E-state index contributed by atoms with van der Waals surface area (Å²) in [5, 5.41) is 3.01. The van der Waals surface area contributed by atoms with Crippen molar-refractivity contribution >= 4 is 44.1 Å². The maximum absolute atomic E-state index is 13.0. The van der Waals surface area contributed by atoms with Crippen LogP contribution in [0.2, 0.25) is 0 Å². The van der Waals surface area contributed by atoms with Gasteiger partial charge in [0.25, 0.3) is 11.8 Å². The molecule has 2 aromatic rings. The Balaban J connectivity index is 1.82. The summed E-state index contributed by atoms with van der Waals surface area (Å²) in [6.07, 6.45) is 0. The molecule has 0 atom stereocenters. The van der Waals surface area contributed by atoms with Gasteiger partial charge >= 0.3 is 0 Å². The van der Waals surface area contributed by atoms with Crippen molar-refractivity contribution in [3.8, 4) is 0 Å². The number of thiophene rings is 1. The van der Waals surface area contributed by atoms with E-state index in [2.05, 4.69) is 5.32 Å². The molecule has 3 N–H and O–H groups in total. The first-order chi connectivity index (χ1) is 14.5. The largest absolute Gasteiger partial charge is 0.365 e. The van der Waals surface area contributed by atoms with Crippen LogP contribution in [0.5, 0.6) is 0 Å². The number of nitrogens with one attached hydrogen (secondary N) is 1. The van der Waals surface area contributed by atoms with Crippen molar-refractivity contribution in [1.29, 1.82) is 0 Å². The van der Waals surface area contributed by atoms with Gasteiger partial charge in [-0.3, -0.25) is 14.4 Å². The van der Waals surface area contributed by atoms with E-state index in [4.69, 9.17) is 5.73 Å². The third-order valence-electron chi connectivity index (χ3n) is 5.28. The van der Waals surface area contributed by atoms with Crippen LogP contribution >= 0.6 is 11.3 Å². The molecule has 1 aromatic carbocycles. The lowest BCUT2D eigenvalue weighted by atomic mass is 10.1. The molecule has 166 valence electrons. The van der Waals surface area contributed by atoms with Gasteiger partial charge in [-0.1, -0.05) is 6.07 Å². The molecular formula is C20H24N4O5S2. The van der Waals surface area contributed by atoms with Crippen LogP contribution in [0.15, 0.2) is 29.2 Å². The van der Waals surface area contributed by atoms with Crippen molar-refractivity contribution in [2.75, 3.05) is 31.5 Å². The van der Waals surface area contributed by atoms with Crippen LogP contribution in [0.1, 0.15) is 38.1 Å². The number of hydrogen-bond acceptors (Lipinski definition) is 6. The number of sulfonamides is 1. The Morgan fingerprint density at radius 1 is 1.10 bits per heavy atom. The lowest BCUT2D eigenvalue weighted by Crippen LogP contribution is -2.49. The van der Waals surface area contributed by atoms with E-state index in [1.54, 1.807) is 11.8 Å². The number of carbonyl (C=O) groups excluding carboxylic acids is 3. The Kier molecular flexibility index (Phi) is 6.48. The van der Waals surface area contributed by atoms with Crippen LogP contribution in [0.3, 0.4) is 0 Å². The molecular weight excluding hydrogens is 440 g/mol. The number of piperazine rings is 1. The topological polar surface area (TPSA) is 130 Å².